The van der Waals surface area contributed by atoms with Crippen LogP contribution in [0.1, 0.15) is 110 Å². The van der Waals surface area contributed by atoms with Gasteiger partial charge in [-0.15, -0.1) is 0 Å². The number of H-pyrrole nitrogens is 1. The van der Waals surface area contributed by atoms with Crippen LogP contribution in [0.3, 0.4) is 0 Å². The largest absolute Gasteiger partial charge is 0.494 e. The third kappa shape index (κ3) is 8.08. The Morgan fingerprint density at radius 2 is 1.10 bits per heavy atom. The van der Waals surface area contributed by atoms with Crippen molar-refractivity contribution in [1.82, 2.24) is 19.9 Å². The van der Waals surface area contributed by atoms with E-state index >= 15 is 0 Å². The van der Waals surface area contributed by atoms with Crippen molar-refractivity contribution in [3.63, 3.8) is 0 Å². The summed E-state index contributed by atoms with van der Waals surface area (Å²) in [4.78, 5) is 17.7. The SMILES string of the molecule is CCCCCCCCCCCCCCCCCCOc1ccc(-c2nc3c4cccnc4c4ncccc4c3[nH]2)cc1. The minimum atomic E-state index is 0.778. The summed E-state index contributed by atoms with van der Waals surface area (Å²) in [6, 6.07) is 16.3. The molecule has 0 radical (unpaired) electrons. The Labute approximate surface area is 251 Å². The number of fused-ring (bicyclic) bond motifs is 6. The lowest BCUT2D eigenvalue weighted by Crippen LogP contribution is -1.97. The van der Waals surface area contributed by atoms with Crippen LogP contribution in [0.15, 0.2) is 60.9 Å². The molecule has 0 aliphatic carbocycles. The van der Waals surface area contributed by atoms with Crippen LogP contribution in [0.2, 0.25) is 0 Å². The van der Waals surface area contributed by atoms with E-state index in [1.165, 1.54) is 96.3 Å². The van der Waals surface area contributed by atoms with Gasteiger partial charge in [-0.1, -0.05) is 103 Å². The summed E-state index contributed by atoms with van der Waals surface area (Å²) in [6.07, 6.45) is 25.8. The van der Waals surface area contributed by atoms with E-state index in [1.54, 1.807) is 0 Å². The van der Waals surface area contributed by atoms with Gasteiger partial charge in [-0.2, -0.15) is 0 Å². The lowest BCUT2D eigenvalue weighted by Gasteiger charge is -2.07. The van der Waals surface area contributed by atoms with Gasteiger partial charge < -0.3 is 9.72 Å². The first-order valence-corrected chi connectivity index (χ1v) is 16.6. The number of hydrogen-bond acceptors (Lipinski definition) is 4. The maximum Gasteiger partial charge on any atom is 0.138 e. The Kier molecular flexibility index (Phi) is 11.6. The molecule has 3 heterocycles. The topological polar surface area (TPSA) is 63.7 Å². The minimum Gasteiger partial charge on any atom is -0.494 e. The van der Waals surface area contributed by atoms with Crippen molar-refractivity contribution in [2.45, 2.75) is 110 Å². The normalized spacial score (nSPS) is 11.6. The summed E-state index contributed by atoms with van der Waals surface area (Å²) < 4.78 is 6.04. The van der Waals surface area contributed by atoms with Gasteiger partial charge in [0.25, 0.3) is 0 Å². The molecule has 2 aromatic carbocycles. The molecular formula is C37H48N4O. The second-order valence-electron chi connectivity index (χ2n) is 11.8. The number of imidazole rings is 1. The van der Waals surface area contributed by atoms with Crippen molar-refractivity contribution in [3.05, 3.63) is 60.9 Å². The monoisotopic (exact) mass is 564 g/mol. The molecule has 5 aromatic rings. The summed E-state index contributed by atoms with van der Waals surface area (Å²) in [5.74, 6) is 1.76. The van der Waals surface area contributed by atoms with Crippen LogP contribution in [-0.4, -0.2) is 26.5 Å². The molecule has 0 aliphatic heterocycles. The summed E-state index contributed by atoms with van der Waals surface area (Å²) in [5.41, 5.74) is 4.75. The maximum atomic E-state index is 6.04. The fourth-order valence-corrected chi connectivity index (χ4v) is 6.03. The smallest absolute Gasteiger partial charge is 0.138 e. The van der Waals surface area contributed by atoms with Crippen molar-refractivity contribution in [2.75, 3.05) is 6.61 Å². The van der Waals surface area contributed by atoms with Crippen LogP contribution in [0, 0.1) is 0 Å². The highest BCUT2D eigenvalue weighted by Gasteiger charge is 2.15. The zero-order chi connectivity index (χ0) is 28.8. The quantitative estimate of drug-likeness (QED) is 0.0800. The first kappa shape index (κ1) is 30.0. The fraction of sp³-hybridized carbons (Fsp3) is 0.486. The predicted octanol–water partition coefficient (Wildman–Crippen LogP) is 11.0. The fourth-order valence-electron chi connectivity index (χ4n) is 6.03. The van der Waals surface area contributed by atoms with E-state index in [0.717, 1.165) is 63.0 Å². The molecule has 222 valence electrons. The van der Waals surface area contributed by atoms with E-state index in [-0.39, 0.29) is 0 Å². The van der Waals surface area contributed by atoms with E-state index in [1.807, 2.05) is 36.7 Å². The van der Waals surface area contributed by atoms with Gasteiger partial charge in [0.15, 0.2) is 0 Å². The average molecular weight is 565 g/mol. The van der Waals surface area contributed by atoms with E-state index < -0.39 is 0 Å². The molecule has 0 fully saturated rings. The van der Waals surface area contributed by atoms with Gasteiger partial charge in [-0.05, 0) is 55.0 Å². The van der Waals surface area contributed by atoms with Crippen LogP contribution in [0.5, 0.6) is 5.75 Å². The highest BCUT2D eigenvalue weighted by atomic mass is 16.5. The standard InChI is InChI=1S/C37H48N4O/c1-2-3-4-5-6-7-8-9-10-11-12-13-14-15-16-17-28-42-30-24-22-29(23-25-30)37-40-35-31-20-18-26-38-33(31)34-32(36(35)41-37)21-19-27-39-34/h18-27H,2-17,28H2,1H3,(H,40,41). The molecule has 0 saturated heterocycles. The Morgan fingerprint density at radius 1 is 0.571 bits per heavy atom. The van der Waals surface area contributed by atoms with Gasteiger partial charge in [0, 0.05) is 28.7 Å². The number of pyridine rings is 2. The lowest BCUT2D eigenvalue weighted by atomic mass is 10.0. The van der Waals surface area contributed by atoms with Crippen molar-refractivity contribution in [3.8, 4) is 17.1 Å². The number of hydrogen-bond donors (Lipinski definition) is 1. The predicted molar refractivity (Wildman–Crippen MR) is 177 cm³/mol. The van der Waals surface area contributed by atoms with Gasteiger partial charge in [-0.25, -0.2) is 4.98 Å². The molecule has 5 heteroatoms. The van der Waals surface area contributed by atoms with Crippen LogP contribution < -0.4 is 4.74 Å². The molecule has 3 aromatic heterocycles. The Balaban J connectivity index is 0.987. The number of ether oxygens (including phenoxy) is 1. The van der Waals surface area contributed by atoms with Crippen LogP contribution >= 0.6 is 0 Å². The maximum absolute atomic E-state index is 6.04. The van der Waals surface area contributed by atoms with Gasteiger partial charge in [0.1, 0.15) is 11.6 Å². The lowest BCUT2D eigenvalue weighted by molar-refractivity contribution is 0.304. The van der Waals surface area contributed by atoms with Crippen molar-refractivity contribution >= 4 is 32.8 Å². The molecule has 0 saturated carbocycles. The Hall–Kier alpha value is -3.47. The molecule has 0 spiro atoms. The number of aromatic nitrogens is 4. The molecule has 42 heavy (non-hydrogen) atoms. The van der Waals surface area contributed by atoms with Gasteiger partial charge in [-0.3, -0.25) is 9.97 Å². The van der Waals surface area contributed by atoms with E-state index in [4.69, 9.17) is 9.72 Å². The third-order valence-corrected chi connectivity index (χ3v) is 8.46. The molecule has 0 amide bonds. The molecule has 0 aliphatic rings. The van der Waals surface area contributed by atoms with Gasteiger partial charge in [0.2, 0.25) is 0 Å². The Morgan fingerprint density at radius 3 is 1.69 bits per heavy atom. The summed E-state index contributed by atoms with van der Waals surface area (Å²) >= 11 is 0. The van der Waals surface area contributed by atoms with E-state index in [0.29, 0.717) is 0 Å². The van der Waals surface area contributed by atoms with E-state index in [9.17, 15) is 0 Å². The van der Waals surface area contributed by atoms with Gasteiger partial charge in [0.05, 0.1) is 28.7 Å². The highest BCUT2D eigenvalue weighted by molar-refractivity contribution is 6.21. The first-order chi connectivity index (χ1) is 20.8. The summed E-state index contributed by atoms with van der Waals surface area (Å²) in [7, 11) is 0. The molecule has 0 atom stereocenters. The molecule has 0 unspecified atom stereocenters. The first-order valence-electron chi connectivity index (χ1n) is 16.6. The highest BCUT2D eigenvalue weighted by Crippen LogP contribution is 2.33. The van der Waals surface area contributed by atoms with Crippen LogP contribution in [0.25, 0.3) is 44.2 Å². The molecule has 5 nitrogen and oxygen atoms in total. The van der Waals surface area contributed by atoms with Crippen molar-refractivity contribution < 1.29 is 4.74 Å². The number of rotatable bonds is 19. The molecular weight excluding hydrogens is 516 g/mol. The number of nitrogens with one attached hydrogen (secondary N) is 1. The molecule has 1 N–H and O–H groups in total. The molecule has 0 bridgehead atoms. The summed E-state index contributed by atoms with van der Waals surface area (Å²) in [5, 5.41) is 2.05. The number of aromatic amines is 1. The Bertz CT molecular complexity index is 1430. The van der Waals surface area contributed by atoms with Crippen LogP contribution in [-0.2, 0) is 0 Å². The van der Waals surface area contributed by atoms with Crippen LogP contribution in [0.4, 0.5) is 0 Å². The second kappa shape index (κ2) is 16.2. The number of benzene rings is 2. The third-order valence-electron chi connectivity index (χ3n) is 8.46. The minimum absolute atomic E-state index is 0.778. The van der Waals surface area contributed by atoms with E-state index in [2.05, 4.69) is 46.1 Å². The zero-order valence-electron chi connectivity index (χ0n) is 25.5. The molecule has 5 rings (SSSR count). The summed E-state index contributed by atoms with van der Waals surface area (Å²) in [6.45, 7) is 3.07. The van der Waals surface area contributed by atoms with Gasteiger partial charge >= 0.3 is 0 Å². The van der Waals surface area contributed by atoms with Crippen molar-refractivity contribution in [1.29, 1.82) is 0 Å². The van der Waals surface area contributed by atoms with Crippen molar-refractivity contribution in [2.24, 2.45) is 0 Å². The average Bonchev–Trinajstić information content (AvgIpc) is 3.49. The number of unbranched alkanes of at least 4 members (excludes halogenated alkanes) is 15. The number of nitrogens with zero attached hydrogens (tertiary/aromatic N) is 3. The second-order valence-corrected chi connectivity index (χ2v) is 11.8. The zero-order valence-corrected chi connectivity index (χ0v) is 25.5.